The van der Waals surface area contributed by atoms with Gasteiger partial charge in [0.15, 0.2) is 0 Å². The molecule has 0 saturated heterocycles. The van der Waals surface area contributed by atoms with Gasteiger partial charge in [-0.1, -0.05) is 0 Å². The van der Waals surface area contributed by atoms with Gasteiger partial charge in [0.2, 0.25) is 0 Å². The SMILES string of the molecule is CO[C-]=N.[W]. The van der Waals surface area contributed by atoms with Crippen molar-refractivity contribution in [3.8, 4) is 0 Å². The first-order valence-corrected chi connectivity index (χ1v) is 0.862. The van der Waals surface area contributed by atoms with Gasteiger partial charge in [-0.15, -0.1) is 0 Å². The van der Waals surface area contributed by atoms with Gasteiger partial charge in [0.25, 0.3) is 0 Å². The van der Waals surface area contributed by atoms with Gasteiger partial charge in [0, 0.05) is 28.2 Å². The third-order valence-electron chi connectivity index (χ3n) is 0.102. The monoisotopic (exact) mass is 242 g/mol. The summed E-state index contributed by atoms with van der Waals surface area (Å²) in [5.74, 6) is 0. The number of hydrogen-bond donors (Lipinski definition) is 1. The van der Waals surface area contributed by atoms with Crippen LogP contribution in [0.15, 0.2) is 0 Å². The van der Waals surface area contributed by atoms with Crippen molar-refractivity contribution >= 4 is 6.40 Å². The van der Waals surface area contributed by atoms with Crippen molar-refractivity contribution in [2.75, 3.05) is 7.11 Å². The van der Waals surface area contributed by atoms with E-state index in [1.807, 2.05) is 0 Å². The van der Waals surface area contributed by atoms with Gasteiger partial charge < -0.3 is 10.1 Å². The van der Waals surface area contributed by atoms with E-state index in [-0.39, 0.29) is 21.1 Å². The zero-order valence-electron chi connectivity index (χ0n) is 2.82. The van der Waals surface area contributed by atoms with E-state index in [1.165, 1.54) is 7.11 Å². The van der Waals surface area contributed by atoms with E-state index in [0.29, 0.717) is 0 Å². The molecular weight excluding hydrogens is 238 g/mol. The average Bonchev–Trinajstić information content (AvgIpc) is 1.37. The Bertz CT molecular complexity index is 23.6. The van der Waals surface area contributed by atoms with Crippen LogP contribution in [0.25, 0.3) is 0 Å². The molecule has 5 heavy (non-hydrogen) atoms. The molecular formula is C2H4NOW-. The second-order valence-corrected chi connectivity index (χ2v) is 0.306. The van der Waals surface area contributed by atoms with Crippen molar-refractivity contribution in [3.63, 3.8) is 0 Å². The molecule has 3 heteroatoms. The zero-order valence-corrected chi connectivity index (χ0v) is 5.75. The molecule has 2 nitrogen and oxygen atoms in total. The molecule has 0 bridgehead atoms. The van der Waals surface area contributed by atoms with Crippen LogP contribution in [0.2, 0.25) is 0 Å². The normalized spacial score (nSPS) is 4.20. The molecule has 0 fully saturated rings. The van der Waals surface area contributed by atoms with Crippen LogP contribution in [-0.4, -0.2) is 13.5 Å². The van der Waals surface area contributed by atoms with Crippen molar-refractivity contribution in [2.24, 2.45) is 0 Å². The van der Waals surface area contributed by atoms with Crippen LogP contribution >= 0.6 is 0 Å². The molecule has 0 aromatic carbocycles. The third-order valence-corrected chi connectivity index (χ3v) is 0.102. The third kappa shape index (κ3) is 14.4. The van der Waals surface area contributed by atoms with E-state index >= 15 is 0 Å². The predicted octanol–water partition coefficient (Wildman–Crippen LogP) is 0.114. The summed E-state index contributed by atoms with van der Waals surface area (Å²) in [7, 11) is 1.38. The Morgan fingerprint density at radius 3 is 2.00 bits per heavy atom. The van der Waals surface area contributed by atoms with Gasteiger partial charge in [0.05, 0.1) is 0 Å². The van der Waals surface area contributed by atoms with Crippen LogP contribution in [0.1, 0.15) is 0 Å². The molecule has 1 N–H and O–H groups in total. The zero-order chi connectivity index (χ0) is 3.41. The number of hydrogen-bond acceptors (Lipinski definition) is 2. The number of nitrogens with one attached hydrogen (secondary N) is 1. The van der Waals surface area contributed by atoms with Gasteiger partial charge in [-0.25, -0.2) is 6.40 Å². The van der Waals surface area contributed by atoms with Crippen LogP contribution in [0.4, 0.5) is 0 Å². The van der Waals surface area contributed by atoms with E-state index in [1.54, 1.807) is 6.40 Å². The maximum absolute atomic E-state index is 5.98. The van der Waals surface area contributed by atoms with Gasteiger partial charge in [0.1, 0.15) is 0 Å². The van der Waals surface area contributed by atoms with E-state index in [0.717, 1.165) is 0 Å². The molecule has 0 aliphatic carbocycles. The smallest absolute Gasteiger partial charge is 0.0348 e. The second kappa shape index (κ2) is 8.90. The fourth-order valence-electron chi connectivity index (χ4n) is 0. The number of ether oxygens (including phenoxy) is 1. The Morgan fingerprint density at radius 1 is 1.80 bits per heavy atom. The Labute approximate surface area is 45.3 Å². The fourth-order valence-corrected chi connectivity index (χ4v) is 0. The molecule has 0 atom stereocenters. The van der Waals surface area contributed by atoms with Gasteiger partial charge in [-0.3, -0.25) is 0 Å². The summed E-state index contributed by atoms with van der Waals surface area (Å²) < 4.78 is 3.96. The summed E-state index contributed by atoms with van der Waals surface area (Å²) in [5, 5.41) is 5.98. The van der Waals surface area contributed by atoms with Crippen molar-refractivity contribution in [1.29, 1.82) is 5.41 Å². The standard InChI is InChI=1S/C2H4NO.W/c1-4-2-3;/h3H,1H3;/q-1;. The Balaban J connectivity index is 0. The summed E-state index contributed by atoms with van der Waals surface area (Å²) in [6.07, 6.45) is 1.68. The summed E-state index contributed by atoms with van der Waals surface area (Å²) >= 11 is 0. The molecule has 0 aliphatic heterocycles. The van der Waals surface area contributed by atoms with Crippen molar-refractivity contribution < 1.29 is 25.8 Å². The van der Waals surface area contributed by atoms with Crippen LogP contribution in [0.3, 0.4) is 0 Å². The summed E-state index contributed by atoms with van der Waals surface area (Å²) in [4.78, 5) is 0. The van der Waals surface area contributed by atoms with Gasteiger partial charge in [-0.05, 0) is 0 Å². The maximum atomic E-state index is 5.98. The molecule has 0 unspecified atom stereocenters. The second-order valence-electron chi connectivity index (χ2n) is 0.306. The minimum absolute atomic E-state index is 0. The summed E-state index contributed by atoms with van der Waals surface area (Å²) in [5.41, 5.74) is 0. The molecule has 0 aliphatic rings. The van der Waals surface area contributed by atoms with E-state index in [9.17, 15) is 0 Å². The Hall–Kier alpha value is 0.158. The maximum Gasteiger partial charge on any atom is 0.0348 e. The molecule has 0 amide bonds. The number of rotatable bonds is 1. The first-order chi connectivity index (χ1) is 1.91. The largest absolute Gasteiger partial charge is 0.677 e. The molecule has 0 heterocycles. The quantitative estimate of drug-likeness (QED) is 0.395. The molecule has 0 rings (SSSR count). The Morgan fingerprint density at radius 2 is 2.00 bits per heavy atom. The Kier molecular flexibility index (Phi) is 15.9. The van der Waals surface area contributed by atoms with Crippen molar-refractivity contribution in [1.82, 2.24) is 0 Å². The van der Waals surface area contributed by atoms with Crippen LogP contribution in [0, 0.1) is 5.41 Å². The minimum atomic E-state index is 0. The van der Waals surface area contributed by atoms with Crippen LogP contribution < -0.4 is 0 Å². The minimum Gasteiger partial charge on any atom is -0.677 e. The molecule has 0 spiro atoms. The van der Waals surface area contributed by atoms with E-state index < -0.39 is 0 Å². The first kappa shape index (κ1) is 8.94. The van der Waals surface area contributed by atoms with Gasteiger partial charge in [-0.2, -0.15) is 0 Å². The molecule has 0 saturated carbocycles. The topological polar surface area (TPSA) is 33.1 Å². The molecule has 30 valence electrons. The van der Waals surface area contributed by atoms with Crippen molar-refractivity contribution in [2.45, 2.75) is 0 Å². The van der Waals surface area contributed by atoms with E-state index in [4.69, 9.17) is 5.41 Å². The summed E-state index contributed by atoms with van der Waals surface area (Å²) in [6, 6.07) is 0. The van der Waals surface area contributed by atoms with E-state index in [2.05, 4.69) is 4.74 Å². The molecule has 0 aromatic heterocycles. The van der Waals surface area contributed by atoms with Crippen LogP contribution in [-0.2, 0) is 25.8 Å². The van der Waals surface area contributed by atoms with Gasteiger partial charge >= 0.3 is 0 Å². The average molecular weight is 242 g/mol. The fraction of sp³-hybridized carbons (Fsp3) is 0.500. The number of methoxy groups -OCH3 is 1. The van der Waals surface area contributed by atoms with Crippen molar-refractivity contribution in [3.05, 3.63) is 0 Å². The molecule has 0 radical (unpaired) electrons. The predicted molar refractivity (Wildman–Crippen MR) is 14.7 cm³/mol. The first-order valence-electron chi connectivity index (χ1n) is 0.862. The van der Waals surface area contributed by atoms with Crippen LogP contribution in [0.5, 0.6) is 0 Å². The molecule has 0 aromatic rings. The summed E-state index contributed by atoms with van der Waals surface area (Å²) in [6.45, 7) is 0.